The molecule has 0 saturated carbocycles. The molecule has 2 aliphatic heterocycles. The molecule has 2 aliphatic rings. The van der Waals surface area contributed by atoms with E-state index in [1.54, 1.807) is 18.4 Å². The van der Waals surface area contributed by atoms with Gasteiger partial charge in [-0.05, 0) is 85.0 Å². The van der Waals surface area contributed by atoms with Gasteiger partial charge in [0.05, 0.1) is 42.6 Å². The number of piperidine rings is 1. The second-order valence-corrected chi connectivity index (χ2v) is 13.6. The first kappa shape index (κ1) is 30.3. The molecule has 2 aromatic heterocycles. The highest BCUT2D eigenvalue weighted by atomic mass is 32.2. The molecule has 0 bridgehead atoms. The molecule has 0 amide bonds. The Morgan fingerprint density at radius 1 is 1.20 bits per heavy atom. The molecular weight excluding hydrogens is 558 g/mol. The molecule has 4 heterocycles. The van der Waals surface area contributed by atoms with E-state index in [1.807, 2.05) is 36.2 Å². The SMILES string of the molecule is COc1ccc2ncc(CN3CCOCC3)c([C@H](O)CCC3(CC(=O)O)CCN(CCSc4cccs4)CC3)c2c1. The number of carboxylic acid groups (broad SMARTS) is 1. The Balaban J connectivity index is 1.29. The zero-order valence-electron chi connectivity index (χ0n) is 23.8. The highest BCUT2D eigenvalue weighted by Crippen LogP contribution is 2.43. The first-order chi connectivity index (χ1) is 19.9. The summed E-state index contributed by atoms with van der Waals surface area (Å²) in [5, 5.41) is 24.6. The smallest absolute Gasteiger partial charge is 0.303 e. The molecule has 0 unspecified atom stereocenters. The van der Waals surface area contributed by atoms with Gasteiger partial charge in [0, 0.05) is 43.5 Å². The molecule has 5 rings (SSSR count). The maximum absolute atomic E-state index is 12.0. The van der Waals surface area contributed by atoms with Crippen molar-refractivity contribution in [2.45, 2.75) is 49.0 Å². The number of likely N-dealkylation sites (tertiary alicyclic amines) is 1. The summed E-state index contributed by atoms with van der Waals surface area (Å²) >= 11 is 3.66. The Labute approximate surface area is 250 Å². The number of carbonyl (C=O) groups is 1. The first-order valence-corrected chi connectivity index (χ1v) is 16.4. The summed E-state index contributed by atoms with van der Waals surface area (Å²) in [7, 11) is 1.64. The van der Waals surface area contributed by atoms with Crippen LogP contribution in [0.25, 0.3) is 10.9 Å². The average Bonchev–Trinajstić information content (AvgIpc) is 3.50. The first-order valence-electron chi connectivity index (χ1n) is 14.5. The Morgan fingerprint density at radius 2 is 2.00 bits per heavy atom. The number of methoxy groups -OCH3 is 1. The number of pyridine rings is 1. The molecule has 222 valence electrons. The summed E-state index contributed by atoms with van der Waals surface area (Å²) in [6.45, 7) is 6.57. The molecule has 2 saturated heterocycles. The number of aliphatic hydroxyl groups excluding tert-OH is 1. The van der Waals surface area contributed by atoms with Crippen LogP contribution in [0, 0.1) is 5.41 Å². The van der Waals surface area contributed by atoms with E-state index in [1.165, 1.54) is 4.21 Å². The maximum atomic E-state index is 12.0. The van der Waals surface area contributed by atoms with E-state index in [4.69, 9.17) is 14.5 Å². The second-order valence-electron chi connectivity index (χ2n) is 11.2. The Bertz CT molecular complexity index is 1270. The van der Waals surface area contributed by atoms with Gasteiger partial charge in [0.2, 0.25) is 0 Å². The molecule has 10 heteroatoms. The van der Waals surface area contributed by atoms with E-state index < -0.39 is 12.1 Å². The average molecular weight is 600 g/mol. The summed E-state index contributed by atoms with van der Waals surface area (Å²) in [5.74, 6) is 1.01. The van der Waals surface area contributed by atoms with Crippen LogP contribution in [0.15, 0.2) is 46.1 Å². The molecule has 2 fully saturated rings. The largest absolute Gasteiger partial charge is 0.497 e. The maximum Gasteiger partial charge on any atom is 0.303 e. The minimum atomic E-state index is -0.756. The van der Waals surface area contributed by atoms with Crippen molar-refractivity contribution in [1.29, 1.82) is 0 Å². The fraction of sp³-hybridized carbons (Fsp3) is 0.548. The highest BCUT2D eigenvalue weighted by molar-refractivity contribution is 8.01. The van der Waals surface area contributed by atoms with Crippen LogP contribution in [0.1, 0.15) is 49.3 Å². The van der Waals surface area contributed by atoms with E-state index in [0.717, 1.165) is 79.1 Å². The summed E-state index contributed by atoms with van der Waals surface area (Å²) in [6, 6.07) is 10.0. The normalized spacial score (nSPS) is 18.9. The molecule has 3 aromatic rings. The number of nitrogens with zero attached hydrogens (tertiary/aromatic N) is 3. The van der Waals surface area contributed by atoms with Crippen LogP contribution < -0.4 is 4.74 Å². The molecule has 8 nitrogen and oxygen atoms in total. The number of ether oxygens (including phenoxy) is 2. The number of hydrogen-bond acceptors (Lipinski definition) is 9. The number of thioether (sulfide) groups is 1. The van der Waals surface area contributed by atoms with Crippen molar-refractivity contribution in [2.24, 2.45) is 5.41 Å². The lowest BCUT2D eigenvalue weighted by atomic mass is 9.71. The third-order valence-corrected chi connectivity index (χ3v) is 10.7. The molecule has 41 heavy (non-hydrogen) atoms. The van der Waals surface area contributed by atoms with Crippen LogP contribution in [0.3, 0.4) is 0 Å². The number of aliphatic hydroxyl groups is 1. The zero-order valence-corrected chi connectivity index (χ0v) is 25.4. The standard InChI is InChI=1S/C31H41N3O5S2/c1-38-24-4-5-26-25(19-24)30(23(21-32-26)22-34-12-15-39-16-13-34)27(35)6-7-31(20-28(36)37)8-10-33(11-9-31)14-18-41-29-3-2-17-40-29/h2-5,17,19,21,27,35H,6-16,18,20,22H2,1H3,(H,36,37)/t27-/m1/s1. The third-order valence-electron chi connectivity index (χ3n) is 8.57. The lowest BCUT2D eigenvalue weighted by Crippen LogP contribution is -2.42. The topological polar surface area (TPSA) is 95.4 Å². The van der Waals surface area contributed by atoms with Crippen LogP contribution in [-0.4, -0.2) is 89.8 Å². The van der Waals surface area contributed by atoms with Gasteiger partial charge in [-0.15, -0.1) is 23.1 Å². The molecule has 1 aromatic carbocycles. The minimum absolute atomic E-state index is 0.142. The lowest BCUT2D eigenvalue weighted by Gasteiger charge is -2.41. The molecule has 0 radical (unpaired) electrons. The number of fused-ring (bicyclic) bond motifs is 1. The predicted molar refractivity (Wildman–Crippen MR) is 164 cm³/mol. The number of thiophene rings is 1. The van der Waals surface area contributed by atoms with E-state index in [2.05, 4.69) is 27.3 Å². The van der Waals surface area contributed by atoms with Crippen molar-refractivity contribution in [3.63, 3.8) is 0 Å². The second kappa shape index (κ2) is 14.3. The third kappa shape index (κ3) is 8.00. The van der Waals surface area contributed by atoms with Gasteiger partial charge in [-0.25, -0.2) is 0 Å². The molecular formula is C31H41N3O5S2. The molecule has 0 spiro atoms. The van der Waals surface area contributed by atoms with Crippen molar-refractivity contribution in [3.05, 3.63) is 53.0 Å². The van der Waals surface area contributed by atoms with Crippen molar-refractivity contribution in [2.75, 3.05) is 58.8 Å². The van der Waals surface area contributed by atoms with Crippen LogP contribution in [-0.2, 0) is 16.1 Å². The van der Waals surface area contributed by atoms with E-state index in [0.29, 0.717) is 32.6 Å². The lowest BCUT2D eigenvalue weighted by molar-refractivity contribution is -0.141. The van der Waals surface area contributed by atoms with Gasteiger partial charge < -0.3 is 24.6 Å². The number of hydrogen-bond donors (Lipinski definition) is 2. The van der Waals surface area contributed by atoms with Gasteiger partial charge in [0.1, 0.15) is 5.75 Å². The van der Waals surface area contributed by atoms with E-state index >= 15 is 0 Å². The Kier molecular flexibility index (Phi) is 10.6. The predicted octanol–water partition coefficient (Wildman–Crippen LogP) is 5.30. The van der Waals surface area contributed by atoms with Crippen molar-refractivity contribution < 1.29 is 24.5 Å². The number of morpholine rings is 1. The summed E-state index contributed by atoms with van der Waals surface area (Å²) in [6.07, 6.45) is 4.15. The van der Waals surface area contributed by atoms with Gasteiger partial charge >= 0.3 is 5.97 Å². The number of carboxylic acids is 1. The fourth-order valence-electron chi connectivity index (χ4n) is 6.18. The van der Waals surface area contributed by atoms with Crippen molar-refractivity contribution in [1.82, 2.24) is 14.8 Å². The summed E-state index contributed by atoms with van der Waals surface area (Å²) in [4.78, 5) is 21.5. The Morgan fingerprint density at radius 3 is 2.71 bits per heavy atom. The van der Waals surface area contributed by atoms with Crippen LogP contribution in [0.2, 0.25) is 0 Å². The number of rotatable bonds is 13. The molecule has 1 atom stereocenters. The van der Waals surface area contributed by atoms with Gasteiger partial charge in [-0.2, -0.15) is 0 Å². The van der Waals surface area contributed by atoms with Gasteiger partial charge in [-0.3, -0.25) is 14.7 Å². The number of aromatic nitrogens is 1. The quantitative estimate of drug-likeness (QED) is 0.254. The van der Waals surface area contributed by atoms with Gasteiger partial charge in [0.15, 0.2) is 0 Å². The van der Waals surface area contributed by atoms with E-state index in [-0.39, 0.29) is 11.8 Å². The van der Waals surface area contributed by atoms with Gasteiger partial charge in [0.25, 0.3) is 0 Å². The van der Waals surface area contributed by atoms with Crippen LogP contribution in [0.5, 0.6) is 5.75 Å². The monoisotopic (exact) mass is 599 g/mol. The molecule has 2 N–H and O–H groups in total. The zero-order chi connectivity index (χ0) is 28.7. The number of benzene rings is 1. The molecule has 0 aliphatic carbocycles. The van der Waals surface area contributed by atoms with Crippen LogP contribution in [0.4, 0.5) is 0 Å². The summed E-state index contributed by atoms with van der Waals surface area (Å²) in [5.41, 5.74) is 2.40. The highest BCUT2D eigenvalue weighted by Gasteiger charge is 2.37. The van der Waals surface area contributed by atoms with Gasteiger partial charge in [-0.1, -0.05) is 6.07 Å². The van der Waals surface area contributed by atoms with Crippen molar-refractivity contribution >= 4 is 40.0 Å². The fourth-order valence-corrected chi connectivity index (χ4v) is 8.04. The van der Waals surface area contributed by atoms with E-state index in [9.17, 15) is 15.0 Å². The number of aliphatic carboxylic acids is 1. The summed E-state index contributed by atoms with van der Waals surface area (Å²) < 4.78 is 12.4. The minimum Gasteiger partial charge on any atom is -0.497 e. The van der Waals surface area contributed by atoms with Crippen molar-refractivity contribution in [3.8, 4) is 5.75 Å². The van der Waals surface area contributed by atoms with Crippen LogP contribution >= 0.6 is 23.1 Å². The Hall–Kier alpha value is -2.21.